The van der Waals surface area contributed by atoms with Crippen LogP contribution in [0.3, 0.4) is 0 Å². The van der Waals surface area contributed by atoms with Crippen LogP contribution < -0.4 is 15.8 Å². The summed E-state index contributed by atoms with van der Waals surface area (Å²) in [5.74, 6) is -0.418. The van der Waals surface area contributed by atoms with Gasteiger partial charge in [-0.25, -0.2) is 0 Å². The van der Waals surface area contributed by atoms with Crippen molar-refractivity contribution in [3.05, 3.63) is 33.9 Å². The minimum Gasteiger partial charge on any atom is -0.484 e. The molecule has 3 N–H and O–H groups in total. The molecule has 0 aliphatic heterocycles. The molecule has 0 fully saturated rings. The lowest BCUT2D eigenvalue weighted by Gasteiger charge is -2.27. The fourth-order valence-corrected chi connectivity index (χ4v) is 1.78. The largest absolute Gasteiger partial charge is 0.484 e. The number of aryl methyl sites for hydroxylation is 1. The van der Waals surface area contributed by atoms with Gasteiger partial charge in [-0.3, -0.25) is 14.9 Å². The van der Waals surface area contributed by atoms with Crippen molar-refractivity contribution in [3.8, 4) is 5.75 Å². The van der Waals surface area contributed by atoms with Gasteiger partial charge >= 0.3 is 5.69 Å². The quantitative estimate of drug-likeness (QED) is 0.575. The number of likely N-dealkylation sites (N-methyl/N-ethyl adjacent to an activating group) is 1. The average molecular weight is 281 g/mol. The smallest absolute Gasteiger partial charge is 0.311 e. The molecule has 0 aliphatic carbocycles. The Morgan fingerprint density at radius 1 is 1.55 bits per heavy atom. The van der Waals surface area contributed by atoms with Crippen LogP contribution in [-0.4, -0.2) is 29.5 Å². The SMILES string of the molecule is CCNC(C)(COc1c(C)cccc1[N+](=O)[O-])C(N)=O. The maximum Gasteiger partial charge on any atom is 0.311 e. The molecule has 7 heteroatoms. The van der Waals surface area contributed by atoms with Crippen molar-refractivity contribution in [2.75, 3.05) is 13.2 Å². The Bertz CT molecular complexity index is 518. The van der Waals surface area contributed by atoms with Crippen LogP contribution in [0.25, 0.3) is 0 Å². The normalized spacial score (nSPS) is 13.6. The van der Waals surface area contributed by atoms with Gasteiger partial charge in [0, 0.05) is 6.07 Å². The fourth-order valence-electron chi connectivity index (χ4n) is 1.78. The Morgan fingerprint density at radius 2 is 2.20 bits per heavy atom. The number of rotatable bonds is 7. The summed E-state index contributed by atoms with van der Waals surface area (Å²) < 4.78 is 5.50. The first-order chi connectivity index (χ1) is 9.31. The van der Waals surface area contributed by atoms with E-state index in [1.165, 1.54) is 6.07 Å². The van der Waals surface area contributed by atoms with Crippen LogP contribution in [0.2, 0.25) is 0 Å². The second-order valence-electron chi connectivity index (χ2n) is 4.70. The van der Waals surface area contributed by atoms with Gasteiger partial charge in [0.15, 0.2) is 5.75 Å². The van der Waals surface area contributed by atoms with E-state index >= 15 is 0 Å². The van der Waals surface area contributed by atoms with E-state index in [0.717, 1.165) is 0 Å². The van der Waals surface area contributed by atoms with Crippen molar-refractivity contribution in [2.45, 2.75) is 26.3 Å². The summed E-state index contributed by atoms with van der Waals surface area (Å²) in [6, 6.07) is 4.65. The monoisotopic (exact) mass is 281 g/mol. The summed E-state index contributed by atoms with van der Waals surface area (Å²) in [7, 11) is 0. The lowest BCUT2D eigenvalue weighted by molar-refractivity contribution is -0.386. The standard InChI is InChI=1S/C13H19N3O4/c1-4-15-13(3,12(14)17)8-20-11-9(2)6-5-7-10(11)16(18)19/h5-7,15H,4,8H2,1-3H3,(H2,14,17). The Balaban J connectivity index is 2.99. The number of nitro groups is 1. The van der Waals surface area contributed by atoms with Crippen molar-refractivity contribution in [2.24, 2.45) is 5.73 Å². The number of amides is 1. The lowest BCUT2D eigenvalue weighted by atomic mass is 10.0. The van der Waals surface area contributed by atoms with Crippen molar-refractivity contribution in [3.63, 3.8) is 0 Å². The molecular weight excluding hydrogens is 262 g/mol. The molecule has 7 nitrogen and oxygen atoms in total. The highest BCUT2D eigenvalue weighted by Gasteiger charge is 2.32. The third kappa shape index (κ3) is 3.45. The minimum absolute atomic E-state index is 0.0815. The predicted molar refractivity (Wildman–Crippen MR) is 74.6 cm³/mol. The molecule has 1 unspecified atom stereocenters. The molecule has 0 aromatic heterocycles. The summed E-state index contributed by atoms with van der Waals surface area (Å²) in [5.41, 5.74) is 4.76. The molecule has 1 rings (SSSR count). The Morgan fingerprint density at radius 3 is 2.70 bits per heavy atom. The zero-order chi connectivity index (χ0) is 15.3. The second kappa shape index (κ2) is 6.33. The van der Waals surface area contributed by atoms with Crippen LogP contribution in [0.1, 0.15) is 19.4 Å². The molecule has 0 aliphatic rings. The van der Waals surface area contributed by atoms with Crippen LogP contribution in [0.15, 0.2) is 18.2 Å². The molecule has 20 heavy (non-hydrogen) atoms. The van der Waals surface area contributed by atoms with Crippen molar-refractivity contribution in [1.82, 2.24) is 5.32 Å². The fraction of sp³-hybridized carbons (Fsp3) is 0.462. The number of carbonyl (C=O) groups excluding carboxylic acids is 1. The van der Waals surface area contributed by atoms with Gasteiger partial charge in [-0.2, -0.15) is 0 Å². The first-order valence-corrected chi connectivity index (χ1v) is 6.23. The number of nitrogens with two attached hydrogens (primary N) is 1. The number of nitro benzene ring substituents is 1. The van der Waals surface area contributed by atoms with E-state index in [1.807, 2.05) is 6.92 Å². The van der Waals surface area contributed by atoms with E-state index in [-0.39, 0.29) is 18.0 Å². The Kier molecular flexibility index (Phi) is 5.04. The van der Waals surface area contributed by atoms with Gasteiger partial charge < -0.3 is 15.8 Å². The highest BCUT2D eigenvalue weighted by atomic mass is 16.6. The Hall–Kier alpha value is -2.15. The number of benzene rings is 1. The number of hydrogen-bond donors (Lipinski definition) is 2. The van der Waals surface area contributed by atoms with Crippen molar-refractivity contribution >= 4 is 11.6 Å². The first-order valence-electron chi connectivity index (χ1n) is 6.23. The molecule has 1 amide bonds. The zero-order valence-corrected chi connectivity index (χ0v) is 11.8. The van der Waals surface area contributed by atoms with Gasteiger partial charge in [-0.1, -0.05) is 19.1 Å². The summed E-state index contributed by atoms with van der Waals surface area (Å²) in [6.45, 7) is 5.58. The maximum absolute atomic E-state index is 11.5. The molecule has 1 aromatic rings. The number of primary amides is 1. The highest BCUT2D eigenvalue weighted by Crippen LogP contribution is 2.30. The van der Waals surface area contributed by atoms with E-state index < -0.39 is 16.4 Å². The third-order valence-electron chi connectivity index (χ3n) is 3.00. The minimum atomic E-state index is -1.08. The molecule has 0 bridgehead atoms. The molecule has 0 heterocycles. The van der Waals surface area contributed by atoms with E-state index in [2.05, 4.69) is 5.32 Å². The molecule has 0 radical (unpaired) electrons. The number of nitrogens with zero attached hydrogens (tertiary/aromatic N) is 1. The number of para-hydroxylation sites is 1. The van der Waals surface area contributed by atoms with Gasteiger partial charge in [-0.05, 0) is 26.0 Å². The topological polar surface area (TPSA) is 107 Å². The van der Waals surface area contributed by atoms with E-state index in [9.17, 15) is 14.9 Å². The highest BCUT2D eigenvalue weighted by molar-refractivity contribution is 5.84. The van der Waals surface area contributed by atoms with Gasteiger partial charge in [0.2, 0.25) is 5.91 Å². The molecular formula is C13H19N3O4. The van der Waals surface area contributed by atoms with Crippen LogP contribution in [0, 0.1) is 17.0 Å². The van der Waals surface area contributed by atoms with Crippen LogP contribution >= 0.6 is 0 Å². The summed E-state index contributed by atoms with van der Waals surface area (Å²) in [4.78, 5) is 21.9. The van der Waals surface area contributed by atoms with Crippen molar-refractivity contribution in [1.29, 1.82) is 0 Å². The molecule has 1 aromatic carbocycles. The maximum atomic E-state index is 11.5. The summed E-state index contributed by atoms with van der Waals surface area (Å²) >= 11 is 0. The summed E-state index contributed by atoms with van der Waals surface area (Å²) in [6.07, 6.45) is 0. The third-order valence-corrected chi connectivity index (χ3v) is 3.00. The number of hydrogen-bond acceptors (Lipinski definition) is 5. The zero-order valence-electron chi connectivity index (χ0n) is 11.8. The van der Waals surface area contributed by atoms with Crippen LogP contribution in [-0.2, 0) is 4.79 Å². The van der Waals surface area contributed by atoms with Gasteiger partial charge in [0.1, 0.15) is 12.1 Å². The molecule has 0 spiro atoms. The molecule has 110 valence electrons. The van der Waals surface area contributed by atoms with E-state index in [4.69, 9.17) is 10.5 Å². The first kappa shape index (κ1) is 15.9. The molecule has 1 atom stereocenters. The second-order valence-corrected chi connectivity index (χ2v) is 4.70. The predicted octanol–water partition coefficient (Wildman–Crippen LogP) is 1.14. The van der Waals surface area contributed by atoms with E-state index in [0.29, 0.717) is 12.1 Å². The molecule has 0 saturated heterocycles. The number of carbonyl (C=O) groups is 1. The van der Waals surface area contributed by atoms with Crippen LogP contribution in [0.4, 0.5) is 5.69 Å². The average Bonchev–Trinajstić information content (AvgIpc) is 2.37. The van der Waals surface area contributed by atoms with Gasteiger partial charge in [0.05, 0.1) is 4.92 Å². The summed E-state index contributed by atoms with van der Waals surface area (Å²) in [5, 5.41) is 13.9. The number of ether oxygens (including phenoxy) is 1. The Labute approximate surface area is 117 Å². The van der Waals surface area contributed by atoms with Crippen molar-refractivity contribution < 1.29 is 14.5 Å². The van der Waals surface area contributed by atoms with Gasteiger partial charge in [0.25, 0.3) is 0 Å². The lowest BCUT2D eigenvalue weighted by Crippen LogP contribution is -2.57. The van der Waals surface area contributed by atoms with E-state index in [1.54, 1.807) is 26.0 Å². The number of nitrogens with one attached hydrogen (secondary N) is 1. The van der Waals surface area contributed by atoms with Crippen LogP contribution in [0.5, 0.6) is 5.75 Å². The van der Waals surface area contributed by atoms with Gasteiger partial charge in [-0.15, -0.1) is 0 Å². The molecule has 0 saturated carbocycles.